The summed E-state index contributed by atoms with van der Waals surface area (Å²) in [5.74, 6) is 0.316. The summed E-state index contributed by atoms with van der Waals surface area (Å²) < 4.78 is 38.4. The summed E-state index contributed by atoms with van der Waals surface area (Å²) in [4.78, 5) is 29.0. The largest absolute Gasteiger partial charge is 0.434 e. The number of halogens is 3. The van der Waals surface area contributed by atoms with E-state index >= 15 is 0 Å². The molecule has 1 saturated carbocycles. The SMILES string of the molecule is CCC1C2CC(Nc3cnc(C(F)(F)F)cn3)C(C2)N1C(=O)c1nc(C)ccc1-n1nccn1. The van der Waals surface area contributed by atoms with Crippen LogP contribution in [0.1, 0.15) is 48.1 Å². The molecule has 1 aliphatic heterocycles. The van der Waals surface area contributed by atoms with Crippen LogP contribution in [0.25, 0.3) is 5.69 Å². The summed E-state index contributed by atoms with van der Waals surface area (Å²) in [7, 11) is 0. The quantitative estimate of drug-likeness (QED) is 0.608. The lowest BCUT2D eigenvalue weighted by Gasteiger charge is -2.39. The minimum Gasteiger partial charge on any atom is -0.364 e. The third kappa shape index (κ3) is 3.86. The zero-order valence-electron chi connectivity index (χ0n) is 18.6. The van der Waals surface area contributed by atoms with Crippen molar-refractivity contribution in [3.8, 4) is 5.69 Å². The predicted octanol–water partition coefficient (Wildman–Crippen LogP) is 3.27. The Morgan fingerprint density at radius 3 is 2.56 bits per heavy atom. The molecule has 12 heteroatoms. The molecule has 4 heterocycles. The topological polar surface area (TPSA) is 102 Å². The maximum atomic E-state index is 13.8. The standard InChI is InChI=1S/C22H23F3N8O/c1-3-15-13-8-14(31-19-11-26-18(10-27-19)22(23,24)25)17(9-13)32(15)21(34)20-16(5-4-12(2)30-20)33-28-6-7-29-33/h4-7,10-11,13-15,17H,3,8-9H2,1-2H3,(H,27,31). The summed E-state index contributed by atoms with van der Waals surface area (Å²) in [6, 6.07) is 3.33. The molecule has 1 N–H and O–H groups in total. The number of aromatic nitrogens is 6. The van der Waals surface area contributed by atoms with Crippen molar-refractivity contribution >= 4 is 11.7 Å². The molecule has 0 aromatic carbocycles. The van der Waals surface area contributed by atoms with Crippen molar-refractivity contribution in [2.45, 2.75) is 57.4 Å². The van der Waals surface area contributed by atoms with Crippen LogP contribution < -0.4 is 5.32 Å². The van der Waals surface area contributed by atoms with Gasteiger partial charge in [-0.15, -0.1) is 4.80 Å². The number of nitrogens with one attached hydrogen (secondary N) is 1. The van der Waals surface area contributed by atoms with Crippen molar-refractivity contribution in [1.29, 1.82) is 0 Å². The summed E-state index contributed by atoms with van der Waals surface area (Å²) in [5.41, 5.74) is 0.428. The highest BCUT2D eigenvalue weighted by Gasteiger charge is 2.53. The van der Waals surface area contributed by atoms with Crippen molar-refractivity contribution in [1.82, 2.24) is 34.8 Å². The Morgan fingerprint density at radius 1 is 1.15 bits per heavy atom. The lowest BCUT2D eigenvalue weighted by atomic mass is 9.94. The van der Waals surface area contributed by atoms with Gasteiger partial charge < -0.3 is 10.2 Å². The lowest BCUT2D eigenvalue weighted by molar-refractivity contribution is -0.141. The fourth-order valence-corrected chi connectivity index (χ4v) is 5.20. The molecule has 4 atom stereocenters. The smallest absolute Gasteiger partial charge is 0.364 e. The first-order chi connectivity index (χ1) is 16.3. The molecular formula is C22H23F3N8O. The maximum absolute atomic E-state index is 13.8. The van der Waals surface area contributed by atoms with Crippen LogP contribution >= 0.6 is 0 Å². The highest BCUT2D eigenvalue weighted by Crippen LogP contribution is 2.45. The molecular weight excluding hydrogens is 449 g/mol. The van der Waals surface area contributed by atoms with Crippen LogP contribution in [0.3, 0.4) is 0 Å². The van der Waals surface area contributed by atoms with Crippen LogP contribution in [0, 0.1) is 12.8 Å². The highest BCUT2D eigenvalue weighted by atomic mass is 19.4. The number of carbonyl (C=O) groups is 1. The third-order valence-electron chi connectivity index (χ3n) is 6.60. The first-order valence-electron chi connectivity index (χ1n) is 11.1. The van der Waals surface area contributed by atoms with E-state index in [4.69, 9.17) is 0 Å². The molecule has 2 aliphatic rings. The number of rotatable bonds is 5. The van der Waals surface area contributed by atoms with E-state index in [1.165, 1.54) is 17.2 Å². The van der Waals surface area contributed by atoms with Gasteiger partial charge in [0.2, 0.25) is 0 Å². The average Bonchev–Trinajstić information content (AvgIpc) is 3.54. The molecule has 3 aromatic rings. The molecule has 2 fully saturated rings. The summed E-state index contributed by atoms with van der Waals surface area (Å²) >= 11 is 0. The number of nitrogens with zero attached hydrogens (tertiary/aromatic N) is 7. The number of fused-ring (bicyclic) bond motifs is 2. The Kier molecular flexibility index (Phi) is 5.45. The van der Waals surface area contributed by atoms with Crippen molar-refractivity contribution in [3.63, 3.8) is 0 Å². The zero-order valence-corrected chi connectivity index (χ0v) is 18.6. The van der Waals surface area contributed by atoms with Crippen molar-refractivity contribution in [2.75, 3.05) is 5.32 Å². The Hall–Kier alpha value is -3.57. The Labute approximate surface area is 193 Å². The molecule has 1 amide bonds. The minimum atomic E-state index is -4.54. The van der Waals surface area contributed by atoms with E-state index in [0.29, 0.717) is 17.6 Å². The number of pyridine rings is 1. The molecule has 0 spiro atoms. The number of hydrogen-bond donors (Lipinski definition) is 1. The molecule has 5 rings (SSSR count). The van der Waals surface area contributed by atoms with E-state index in [1.807, 2.05) is 11.8 Å². The number of anilines is 1. The molecule has 1 aliphatic carbocycles. The highest BCUT2D eigenvalue weighted by molar-refractivity contribution is 5.96. The van der Waals surface area contributed by atoms with E-state index in [2.05, 4.69) is 37.4 Å². The van der Waals surface area contributed by atoms with E-state index < -0.39 is 11.9 Å². The average molecular weight is 472 g/mol. The van der Waals surface area contributed by atoms with Crippen molar-refractivity contribution in [3.05, 3.63) is 54.0 Å². The first-order valence-corrected chi connectivity index (χ1v) is 11.1. The van der Waals surface area contributed by atoms with Gasteiger partial charge in [0.1, 0.15) is 11.5 Å². The number of piperidine rings is 1. The van der Waals surface area contributed by atoms with Crippen LogP contribution in [0.5, 0.6) is 0 Å². The van der Waals surface area contributed by atoms with Gasteiger partial charge in [0.25, 0.3) is 5.91 Å². The second-order valence-electron chi connectivity index (χ2n) is 8.66. The van der Waals surface area contributed by atoms with Gasteiger partial charge in [-0.2, -0.15) is 23.4 Å². The Bertz CT molecular complexity index is 1180. The van der Waals surface area contributed by atoms with Gasteiger partial charge in [0.15, 0.2) is 11.4 Å². The van der Waals surface area contributed by atoms with Gasteiger partial charge in [-0.05, 0) is 44.2 Å². The number of alkyl halides is 3. The fraction of sp³-hybridized carbons (Fsp3) is 0.455. The molecule has 1 saturated heterocycles. The number of carbonyl (C=O) groups excluding carboxylic acids is 1. The van der Waals surface area contributed by atoms with Gasteiger partial charge in [0.05, 0.1) is 30.8 Å². The van der Waals surface area contributed by atoms with Crippen molar-refractivity contribution in [2.24, 2.45) is 5.92 Å². The van der Waals surface area contributed by atoms with Crippen LogP contribution in [0.4, 0.5) is 19.0 Å². The lowest BCUT2D eigenvalue weighted by Crippen LogP contribution is -2.52. The summed E-state index contributed by atoms with van der Waals surface area (Å²) in [6.45, 7) is 3.87. The molecule has 4 unspecified atom stereocenters. The van der Waals surface area contributed by atoms with Gasteiger partial charge in [-0.3, -0.25) is 4.79 Å². The van der Waals surface area contributed by atoms with Gasteiger partial charge in [0, 0.05) is 17.8 Å². The third-order valence-corrected chi connectivity index (χ3v) is 6.60. The van der Waals surface area contributed by atoms with Gasteiger partial charge in [-0.25, -0.2) is 15.0 Å². The van der Waals surface area contributed by atoms with Crippen molar-refractivity contribution < 1.29 is 18.0 Å². The number of hydrogen-bond acceptors (Lipinski definition) is 7. The van der Waals surface area contributed by atoms with E-state index in [9.17, 15) is 18.0 Å². The number of aryl methyl sites for hydroxylation is 1. The molecule has 178 valence electrons. The van der Waals surface area contributed by atoms with Gasteiger partial charge in [-0.1, -0.05) is 6.92 Å². The molecule has 2 bridgehead atoms. The number of amides is 1. The molecule has 9 nitrogen and oxygen atoms in total. The van der Waals surface area contributed by atoms with Crippen LogP contribution in [-0.2, 0) is 6.18 Å². The number of likely N-dealkylation sites (tertiary alicyclic amines) is 1. The van der Waals surface area contributed by atoms with E-state index in [1.54, 1.807) is 12.1 Å². The van der Waals surface area contributed by atoms with Crippen LogP contribution in [0.2, 0.25) is 0 Å². The predicted molar refractivity (Wildman–Crippen MR) is 115 cm³/mol. The van der Waals surface area contributed by atoms with Gasteiger partial charge >= 0.3 is 6.18 Å². The molecule has 34 heavy (non-hydrogen) atoms. The Morgan fingerprint density at radius 2 is 1.91 bits per heavy atom. The summed E-state index contributed by atoms with van der Waals surface area (Å²) in [6.07, 6.45) is 2.72. The fourth-order valence-electron chi connectivity index (χ4n) is 5.20. The Balaban J connectivity index is 1.42. The second kappa shape index (κ2) is 8.33. The first kappa shape index (κ1) is 22.2. The maximum Gasteiger partial charge on any atom is 0.434 e. The normalized spacial score (nSPS) is 24.0. The van der Waals surface area contributed by atoms with E-state index in [0.717, 1.165) is 25.5 Å². The van der Waals surface area contributed by atoms with Crippen LogP contribution in [0.15, 0.2) is 36.9 Å². The minimum absolute atomic E-state index is 0.0509. The van der Waals surface area contributed by atoms with Crippen LogP contribution in [-0.4, -0.2) is 58.9 Å². The second-order valence-corrected chi connectivity index (χ2v) is 8.66. The molecule has 3 aromatic heterocycles. The monoisotopic (exact) mass is 472 g/mol. The molecule has 0 radical (unpaired) electrons. The summed E-state index contributed by atoms with van der Waals surface area (Å²) in [5, 5.41) is 11.5. The van der Waals surface area contributed by atoms with E-state index in [-0.39, 0.29) is 41.5 Å². The zero-order chi connectivity index (χ0) is 24.0.